The van der Waals surface area contributed by atoms with Crippen LogP contribution in [0.4, 0.5) is 32.0 Å². The molecule has 0 spiro atoms. The number of benzene rings is 1. The summed E-state index contributed by atoms with van der Waals surface area (Å²) in [6.07, 6.45) is -11.9. The normalized spacial score (nSPS) is 20.9. The minimum atomic E-state index is -6.00. The fourth-order valence-corrected chi connectivity index (χ4v) is 2.28. The number of halogens is 6. The number of aliphatic carboxylic acids is 1. The highest BCUT2D eigenvalue weighted by molar-refractivity contribution is 5.98. The van der Waals surface area contributed by atoms with E-state index in [-0.39, 0.29) is 12.1 Å². The van der Waals surface area contributed by atoms with Crippen LogP contribution in [0.1, 0.15) is 12.0 Å². The molecule has 25 heavy (non-hydrogen) atoms. The number of hydrogen-bond donors (Lipinski definition) is 3. The molecule has 0 bridgehead atoms. The molecule has 0 heterocycles. The highest BCUT2D eigenvalue weighted by Gasteiger charge is 2.71. The summed E-state index contributed by atoms with van der Waals surface area (Å²) in [4.78, 5) is 22.4. The molecule has 2 atom stereocenters. The molecular weight excluding hydrogens is 360 g/mol. The van der Waals surface area contributed by atoms with Crippen LogP contribution in [-0.2, 0) is 15.2 Å². The second kappa shape index (κ2) is 5.90. The molecule has 138 valence electrons. The standard InChI is InChI=1S/C14H11F6NO4/c15-13(16,17)12(25,14(18,19)20)6-1-3-7(4-2-6)21-10(22)8-5-9(8)11(23)24/h1-4,8-9,25H,5H2,(H,21,22)(H,23,24)/t8-,9-/m0/s1. The average molecular weight is 371 g/mol. The lowest BCUT2D eigenvalue weighted by atomic mass is 9.92. The van der Waals surface area contributed by atoms with E-state index in [1.54, 1.807) is 0 Å². The van der Waals surface area contributed by atoms with E-state index in [4.69, 9.17) is 5.11 Å². The number of anilines is 1. The van der Waals surface area contributed by atoms with Crippen LogP contribution < -0.4 is 5.32 Å². The molecule has 5 nitrogen and oxygen atoms in total. The smallest absolute Gasteiger partial charge is 0.430 e. The first kappa shape index (κ1) is 19.0. The van der Waals surface area contributed by atoms with Gasteiger partial charge in [0.15, 0.2) is 0 Å². The minimum Gasteiger partial charge on any atom is -0.481 e. The van der Waals surface area contributed by atoms with Crippen molar-refractivity contribution in [2.75, 3.05) is 5.32 Å². The Bertz CT molecular complexity index is 668. The zero-order chi connectivity index (χ0) is 19.2. The average Bonchev–Trinajstić information content (AvgIpc) is 3.25. The van der Waals surface area contributed by atoms with E-state index in [0.29, 0.717) is 12.1 Å². The number of carboxylic acid groups (broad SMARTS) is 1. The van der Waals surface area contributed by atoms with Gasteiger partial charge >= 0.3 is 18.3 Å². The Labute approximate surface area is 136 Å². The first-order valence-electron chi connectivity index (χ1n) is 6.79. The molecule has 1 saturated carbocycles. The summed E-state index contributed by atoms with van der Waals surface area (Å²) in [6.45, 7) is 0. The van der Waals surface area contributed by atoms with Crippen LogP contribution in [0.5, 0.6) is 0 Å². The molecule has 0 unspecified atom stereocenters. The van der Waals surface area contributed by atoms with E-state index in [0.717, 1.165) is 12.1 Å². The van der Waals surface area contributed by atoms with Crippen molar-refractivity contribution in [1.29, 1.82) is 0 Å². The molecule has 0 saturated heterocycles. The number of carbonyl (C=O) groups is 2. The summed E-state index contributed by atoms with van der Waals surface area (Å²) >= 11 is 0. The molecule has 3 N–H and O–H groups in total. The second-order valence-corrected chi connectivity index (χ2v) is 5.56. The van der Waals surface area contributed by atoms with Gasteiger partial charge in [-0.1, -0.05) is 12.1 Å². The van der Waals surface area contributed by atoms with E-state index in [2.05, 4.69) is 5.32 Å². The summed E-state index contributed by atoms with van der Waals surface area (Å²) in [5.74, 6) is -3.54. The number of amides is 1. The van der Waals surface area contributed by atoms with Crippen LogP contribution in [0.15, 0.2) is 24.3 Å². The predicted octanol–water partition coefficient (Wildman–Crippen LogP) is 2.66. The van der Waals surface area contributed by atoms with Crippen molar-refractivity contribution in [3.63, 3.8) is 0 Å². The van der Waals surface area contributed by atoms with Crippen LogP contribution in [0, 0.1) is 11.8 Å². The zero-order valence-corrected chi connectivity index (χ0v) is 12.1. The number of carboxylic acids is 1. The predicted molar refractivity (Wildman–Crippen MR) is 70.3 cm³/mol. The lowest BCUT2D eigenvalue weighted by Crippen LogP contribution is -2.53. The number of alkyl halides is 6. The van der Waals surface area contributed by atoms with Gasteiger partial charge in [0, 0.05) is 11.3 Å². The van der Waals surface area contributed by atoms with Gasteiger partial charge in [-0.2, -0.15) is 26.3 Å². The van der Waals surface area contributed by atoms with Gasteiger partial charge in [0.1, 0.15) is 0 Å². The van der Waals surface area contributed by atoms with Gasteiger partial charge in [0.2, 0.25) is 5.91 Å². The highest BCUT2D eigenvalue weighted by atomic mass is 19.4. The maximum Gasteiger partial charge on any atom is 0.430 e. The molecule has 1 aliphatic carbocycles. The Morgan fingerprint density at radius 3 is 1.80 bits per heavy atom. The van der Waals surface area contributed by atoms with Gasteiger partial charge < -0.3 is 15.5 Å². The van der Waals surface area contributed by atoms with Crippen molar-refractivity contribution in [3.8, 4) is 0 Å². The van der Waals surface area contributed by atoms with Crippen molar-refractivity contribution < 1.29 is 46.1 Å². The van der Waals surface area contributed by atoms with E-state index in [1.165, 1.54) is 0 Å². The van der Waals surface area contributed by atoms with Crippen molar-refractivity contribution in [2.45, 2.75) is 24.4 Å². The number of aliphatic hydroxyl groups is 1. The largest absolute Gasteiger partial charge is 0.481 e. The molecule has 2 rings (SSSR count). The molecule has 1 aromatic rings. The first-order valence-corrected chi connectivity index (χ1v) is 6.79. The molecule has 1 fully saturated rings. The molecule has 1 aromatic carbocycles. The summed E-state index contributed by atoms with van der Waals surface area (Å²) in [6, 6.07) is 2.29. The SMILES string of the molecule is O=C(O)[C@H]1C[C@@H]1C(=O)Nc1ccc(C(O)(C(F)(F)F)C(F)(F)F)cc1. The van der Waals surface area contributed by atoms with Crippen LogP contribution in [-0.4, -0.2) is 34.4 Å². The van der Waals surface area contributed by atoms with E-state index in [1.807, 2.05) is 0 Å². The summed E-state index contributed by atoms with van der Waals surface area (Å²) < 4.78 is 76.4. The van der Waals surface area contributed by atoms with Crippen molar-refractivity contribution in [1.82, 2.24) is 0 Å². The van der Waals surface area contributed by atoms with Gasteiger partial charge in [0.05, 0.1) is 11.8 Å². The van der Waals surface area contributed by atoms with Gasteiger partial charge in [0.25, 0.3) is 5.60 Å². The van der Waals surface area contributed by atoms with Gasteiger partial charge in [-0.05, 0) is 18.6 Å². The van der Waals surface area contributed by atoms with E-state index >= 15 is 0 Å². The van der Waals surface area contributed by atoms with Gasteiger partial charge in [-0.3, -0.25) is 9.59 Å². The Kier molecular flexibility index (Phi) is 4.49. The molecule has 1 aliphatic rings. The number of nitrogens with one attached hydrogen (secondary N) is 1. The molecule has 11 heteroatoms. The minimum absolute atomic E-state index is 0.0984. The Balaban J connectivity index is 2.19. The third-order valence-corrected chi connectivity index (χ3v) is 3.84. The zero-order valence-electron chi connectivity index (χ0n) is 12.1. The number of hydrogen-bond acceptors (Lipinski definition) is 3. The summed E-state index contributed by atoms with van der Waals surface area (Å²) in [7, 11) is 0. The first-order chi connectivity index (χ1) is 11.3. The number of carbonyl (C=O) groups excluding carboxylic acids is 1. The Morgan fingerprint density at radius 2 is 1.44 bits per heavy atom. The van der Waals surface area contributed by atoms with E-state index in [9.17, 15) is 41.0 Å². The lowest BCUT2D eigenvalue weighted by Gasteiger charge is -2.32. The summed E-state index contributed by atoms with van der Waals surface area (Å²) in [5, 5.41) is 20.1. The molecule has 0 radical (unpaired) electrons. The van der Waals surface area contributed by atoms with Gasteiger partial charge in [-0.15, -0.1) is 0 Å². The molecule has 1 amide bonds. The molecule has 0 aromatic heterocycles. The Morgan fingerprint density at radius 1 is 0.960 bits per heavy atom. The topological polar surface area (TPSA) is 86.6 Å². The van der Waals surface area contributed by atoms with Crippen LogP contribution in [0.25, 0.3) is 0 Å². The van der Waals surface area contributed by atoms with Crippen molar-refractivity contribution in [2.24, 2.45) is 11.8 Å². The molecular formula is C14H11F6NO4. The van der Waals surface area contributed by atoms with Crippen LogP contribution in [0.2, 0.25) is 0 Å². The highest BCUT2D eigenvalue weighted by Crippen LogP contribution is 2.50. The monoisotopic (exact) mass is 371 g/mol. The fraction of sp³-hybridized carbons (Fsp3) is 0.429. The summed E-state index contributed by atoms with van der Waals surface area (Å²) in [5.41, 5.74) is -6.63. The van der Waals surface area contributed by atoms with Crippen molar-refractivity contribution >= 4 is 17.6 Å². The van der Waals surface area contributed by atoms with Crippen molar-refractivity contribution in [3.05, 3.63) is 29.8 Å². The maximum absolute atomic E-state index is 12.7. The lowest BCUT2D eigenvalue weighted by molar-refractivity contribution is -0.376. The maximum atomic E-state index is 12.7. The third-order valence-electron chi connectivity index (χ3n) is 3.84. The molecule has 0 aliphatic heterocycles. The fourth-order valence-electron chi connectivity index (χ4n) is 2.28. The third kappa shape index (κ3) is 3.41. The van der Waals surface area contributed by atoms with Crippen LogP contribution >= 0.6 is 0 Å². The second-order valence-electron chi connectivity index (χ2n) is 5.56. The van der Waals surface area contributed by atoms with Crippen LogP contribution in [0.3, 0.4) is 0 Å². The van der Waals surface area contributed by atoms with E-state index < -0.39 is 47.2 Å². The van der Waals surface area contributed by atoms with Gasteiger partial charge in [-0.25, -0.2) is 0 Å². The quantitative estimate of drug-likeness (QED) is 0.711. The Hall–Kier alpha value is -2.30. The number of rotatable bonds is 4.